The Morgan fingerprint density at radius 1 is 1.05 bits per heavy atom. The summed E-state index contributed by atoms with van der Waals surface area (Å²) in [6.07, 6.45) is 5.24. The van der Waals surface area contributed by atoms with Gasteiger partial charge in [-0.3, -0.25) is 4.79 Å². The quantitative estimate of drug-likeness (QED) is 0.890. The van der Waals surface area contributed by atoms with E-state index < -0.39 is 0 Å². The smallest absolute Gasteiger partial charge is 0.227 e. The summed E-state index contributed by atoms with van der Waals surface area (Å²) in [6.45, 7) is 1.34. The minimum Gasteiger partial charge on any atom is -0.490 e. The Morgan fingerprint density at radius 3 is 2.58 bits per heavy atom. The van der Waals surface area contributed by atoms with Crippen LogP contribution in [-0.4, -0.2) is 19.1 Å². The molecule has 3 rings (SSSR count). The highest BCUT2D eigenvalue weighted by Gasteiger charge is 2.23. The van der Waals surface area contributed by atoms with Crippen LogP contribution in [0.3, 0.4) is 0 Å². The van der Waals surface area contributed by atoms with Gasteiger partial charge in [0.05, 0.1) is 13.2 Å². The minimum atomic E-state index is 0.131. The average Bonchev–Trinajstić information content (AvgIpc) is 2.85. The largest absolute Gasteiger partial charge is 0.490 e. The van der Waals surface area contributed by atoms with Crippen LogP contribution in [0.4, 0.5) is 5.69 Å². The topological polar surface area (TPSA) is 47.6 Å². The summed E-state index contributed by atoms with van der Waals surface area (Å²) in [7, 11) is 0. The van der Waals surface area contributed by atoms with Crippen molar-refractivity contribution >= 4 is 11.6 Å². The molecule has 0 aromatic heterocycles. The lowest BCUT2D eigenvalue weighted by Gasteiger charge is -2.12. The summed E-state index contributed by atoms with van der Waals surface area (Å²) < 4.78 is 11.2. The van der Waals surface area contributed by atoms with Crippen molar-refractivity contribution in [3.63, 3.8) is 0 Å². The van der Waals surface area contributed by atoms with Gasteiger partial charge in [0.15, 0.2) is 11.5 Å². The van der Waals surface area contributed by atoms with Gasteiger partial charge in [-0.15, -0.1) is 0 Å². The van der Waals surface area contributed by atoms with Crippen molar-refractivity contribution in [1.82, 2.24) is 0 Å². The number of carbonyl (C=O) groups is 1. The zero-order chi connectivity index (χ0) is 13.1. The molecule has 2 aliphatic rings. The van der Waals surface area contributed by atoms with Crippen LogP contribution >= 0.6 is 0 Å². The number of carbonyl (C=O) groups excluding carboxylic acids is 1. The lowest BCUT2D eigenvalue weighted by molar-refractivity contribution is -0.119. The van der Waals surface area contributed by atoms with E-state index in [9.17, 15) is 4.79 Å². The van der Waals surface area contributed by atoms with Crippen molar-refractivity contribution in [2.45, 2.75) is 32.1 Å². The summed E-state index contributed by atoms with van der Waals surface area (Å²) in [4.78, 5) is 12.1. The first-order valence-corrected chi connectivity index (χ1v) is 7.03. The number of hydrogen-bond acceptors (Lipinski definition) is 3. The number of rotatable bonds is 2. The maximum atomic E-state index is 12.1. The number of benzene rings is 1. The number of amides is 1. The Kier molecular flexibility index (Phi) is 3.58. The first-order chi connectivity index (χ1) is 9.33. The minimum absolute atomic E-state index is 0.131. The van der Waals surface area contributed by atoms with Gasteiger partial charge in [0.1, 0.15) is 0 Å². The standard InChI is InChI=1S/C15H19NO3/c17-15(11-4-1-2-5-11)16-12-6-7-13-14(10-12)19-9-3-8-18-13/h6-7,10-11H,1-5,8-9H2,(H,16,17). The molecule has 1 fully saturated rings. The molecule has 0 saturated heterocycles. The van der Waals surface area contributed by atoms with Gasteiger partial charge in [0.2, 0.25) is 5.91 Å². The van der Waals surface area contributed by atoms with E-state index in [-0.39, 0.29) is 11.8 Å². The van der Waals surface area contributed by atoms with Crippen LogP contribution in [0.1, 0.15) is 32.1 Å². The van der Waals surface area contributed by atoms with Gasteiger partial charge in [-0.1, -0.05) is 12.8 Å². The van der Waals surface area contributed by atoms with Gasteiger partial charge in [0.25, 0.3) is 0 Å². The Labute approximate surface area is 113 Å². The summed E-state index contributed by atoms with van der Waals surface area (Å²) in [5, 5.41) is 2.98. The van der Waals surface area contributed by atoms with E-state index in [1.54, 1.807) is 0 Å². The molecule has 4 heteroatoms. The van der Waals surface area contributed by atoms with Gasteiger partial charge in [-0.25, -0.2) is 0 Å². The number of anilines is 1. The van der Waals surface area contributed by atoms with Gasteiger partial charge in [-0.2, -0.15) is 0 Å². The monoisotopic (exact) mass is 261 g/mol. The van der Waals surface area contributed by atoms with Gasteiger partial charge < -0.3 is 14.8 Å². The Morgan fingerprint density at radius 2 is 1.79 bits per heavy atom. The third-order valence-corrected chi connectivity index (χ3v) is 3.74. The van der Waals surface area contributed by atoms with Crippen molar-refractivity contribution in [1.29, 1.82) is 0 Å². The summed E-state index contributed by atoms with van der Waals surface area (Å²) >= 11 is 0. The first kappa shape index (κ1) is 12.3. The molecule has 0 unspecified atom stereocenters. The van der Waals surface area contributed by atoms with Crippen LogP contribution in [0.15, 0.2) is 18.2 Å². The van der Waals surface area contributed by atoms with Gasteiger partial charge in [-0.05, 0) is 25.0 Å². The molecule has 1 N–H and O–H groups in total. The molecule has 4 nitrogen and oxygen atoms in total. The summed E-state index contributed by atoms with van der Waals surface area (Å²) in [5.74, 6) is 1.79. The predicted octanol–water partition coefficient (Wildman–Crippen LogP) is 2.98. The van der Waals surface area contributed by atoms with Gasteiger partial charge >= 0.3 is 0 Å². The highest BCUT2D eigenvalue weighted by Crippen LogP contribution is 2.33. The van der Waals surface area contributed by atoms with Crippen molar-refractivity contribution < 1.29 is 14.3 Å². The van der Waals surface area contributed by atoms with Crippen LogP contribution < -0.4 is 14.8 Å². The van der Waals surface area contributed by atoms with E-state index in [0.717, 1.165) is 36.4 Å². The lowest BCUT2D eigenvalue weighted by atomic mass is 10.1. The van der Waals surface area contributed by atoms with Crippen LogP contribution in [-0.2, 0) is 4.79 Å². The molecule has 1 amide bonds. The molecule has 0 radical (unpaired) electrons. The van der Waals surface area contributed by atoms with Crippen LogP contribution in [0.2, 0.25) is 0 Å². The van der Waals surface area contributed by atoms with E-state index in [2.05, 4.69) is 5.32 Å². The van der Waals surface area contributed by atoms with E-state index in [0.29, 0.717) is 13.2 Å². The number of fused-ring (bicyclic) bond motifs is 1. The fourth-order valence-corrected chi connectivity index (χ4v) is 2.67. The molecule has 1 aromatic carbocycles. The van der Waals surface area contributed by atoms with E-state index >= 15 is 0 Å². The van der Waals surface area contributed by atoms with Crippen LogP contribution in [0, 0.1) is 5.92 Å². The molecule has 102 valence electrons. The second kappa shape index (κ2) is 5.51. The normalized spacial score (nSPS) is 18.9. The molecule has 1 aliphatic heterocycles. The molecule has 1 saturated carbocycles. The molecule has 1 aliphatic carbocycles. The summed E-state index contributed by atoms with van der Waals surface area (Å²) in [6, 6.07) is 5.60. The second-order valence-electron chi connectivity index (χ2n) is 5.18. The van der Waals surface area contributed by atoms with E-state index in [4.69, 9.17) is 9.47 Å². The molecule has 1 aromatic rings. The van der Waals surface area contributed by atoms with Gasteiger partial charge in [0, 0.05) is 24.1 Å². The number of ether oxygens (including phenoxy) is 2. The second-order valence-corrected chi connectivity index (χ2v) is 5.18. The molecule has 1 heterocycles. The lowest BCUT2D eigenvalue weighted by Crippen LogP contribution is -2.20. The van der Waals surface area contributed by atoms with E-state index in [1.165, 1.54) is 12.8 Å². The third-order valence-electron chi connectivity index (χ3n) is 3.74. The highest BCUT2D eigenvalue weighted by atomic mass is 16.5. The summed E-state index contributed by atoms with van der Waals surface area (Å²) in [5.41, 5.74) is 0.793. The maximum absolute atomic E-state index is 12.1. The number of nitrogens with one attached hydrogen (secondary N) is 1. The molecule has 0 atom stereocenters. The Bertz CT molecular complexity index is 466. The molecule has 0 bridgehead atoms. The maximum Gasteiger partial charge on any atom is 0.227 e. The molecular weight excluding hydrogens is 242 g/mol. The van der Waals surface area contributed by atoms with Crippen LogP contribution in [0.5, 0.6) is 11.5 Å². The van der Waals surface area contributed by atoms with E-state index in [1.807, 2.05) is 18.2 Å². The molecule has 0 spiro atoms. The van der Waals surface area contributed by atoms with Crippen molar-refractivity contribution in [2.75, 3.05) is 18.5 Å². The fraction of sp³-hybridized carbons (Fsp3) is 0.533. The predicted molar refractivity (Wildman–Crippen MR) is 72.6 cm³/mol. The fourth-order valence-electron chi connectivity index (χ4n) is 2.67. The Balaban J connectivity index is 1.71. The third kappa shape index (κ3) is 2.83. The Hall–Kier alpha value is -1.71. The van der Waals surface area contributed by atoms with Crippen molar-refractivity contribution in [3.8, 4) is 11.5 Å². The van der Waals surface area contributed by atoms with Crippen LogP contribution in [0.25, 0.3) is 0 Å². The average molecular weight is 261 g/mol. The highest BCUT2D eigenvalue weighted by molar-refractivity contribution is 5.93. The van der Waals surface area contributed by atoms with Crippen molar-refractivity contribution in [2.24, 2.45) is 5.92 Å². The molecule has 19 heavy (non-hydrogen) atoms. The zero-order valence-corrected chi connectivity index (χ0v) is 11.0. The SMILES string of the molecule is O=C(Nc1ccc2c(c1)OCCCO2)C1CCCC1. The first-order valence-electron chi connectivity index (χ1n) is 7.03. The number of hydrogen-bond donors (Lipinski definition) is 1. The van der Waals surface area contributed by atoms with Crippen molar-refractivity contribution in [3.05, 3.63) is 18.2 Å². The zero-order valence-electron chi connectivity index (χ0n) is 11.0. The molecular formula is C15H19NO3.